The molecular weight excluding hydrogens is 300 g/mol. The van der Waals surface area contributed by atoms with Gasteiger partial charge in [-0.1, -0.05) is 18.2 Å². The van der Waals surface area contributed by atoms with E-state index in [1.807, 2.05) is 19.9 Å². The van der Waals surface area contributed by atoms with Crippen LogP contribution >= 0.6 is 0 Å². The van der Waals surface area contributed by atoms with Gasteiger partial charge in [-0.05, 0) is 62.6 Å². The number of hydrogen-bond acceptors (Lipinski definition) is 3. The van der Waals surface area contributed by atoms with Gasteiger partial charge in [0, 0.05) is 18.2 Å². The van der Waals surface area contributed by atoms with Crippen LogP contribution in [0.2, 0.25) is 0 Å². The van der Waals surface area contributed by atoms with Crippen molar-refractivity contribution in [3.63, 3.8) is 0 Å². The Hall–Kier alpha value is -2.49. The third-order valence-electron chi connectivity index (χ3n) is 4.53. The van der Waals surface area contributed by atoms with Gasteiger partial charge in [0.15, 0.2) is 6.10 Å². The van der Waals surface area contributed by atoms with E-state index >= 15 is 0 Å². The first-order valence-electron chi connectivity index (χ1n) is 8.32. The molecule has 1 aliphatic heterocycles. The average molecular weight is 324 g/mol. The maximum Gasteiger partial charge on any atom is 0.268 e. The zero-order valence-corrected chi connectivity index (χ0v) is 14.7. The highest BCUT2D eigenvalue weighted by Crippen LogP contribution is 2.37. The van der Waals surface area contributed by atoms with Crippen molar-refractivity contribution in [2.24, 2.45) is 0 Å². The minimum atomic E-state index is -0.509. The topological polar surface area (TPSA) is 55.6 Å². The molecule has 4 heteroatoms. The zero-order chi connectivity index (χ0) is 17.4. The Bertz CT molecular complexity index is 783. The number of nitrogens with zero attached hydrogens (tertiary/aromatic N) is 1. The number of amides is 1. The van der Waals surface area contributed by atoms with Gasteiger partial charge in [0.05, 0.1) is 5.69 Å². The van der Waals surface area contributed by atoms with E-state index in [4.69, 9.17) is 10.5 Å². The van der Waals surface area contributed by atoms with Gasteiger partial charge < -0.3 is 15.4 Å². The summed E-state index contributed by atoms with van der Waals surface area (Å²) < 4.78 is 6.01. The zero-order valence-electron chi connectivity index (χ0n) is 14.7. The number of anilines is 2. The van der Waals surface area contributed by atoms with Gasteiger partial charge in [-0.2, -0.15) is 0 Å². The summed E-state index contributed by atoms with van der Waals surface area (Å²) in [5.74, 6) is 0.702. The summed E-state index contributed by atoms with van der Waals surface area (Å²) in [6, 6.07) is 11.8. The van der Waals surface area contributed by atoms with Gasteiger partial charge in [-0.3, -0.25) is 4.79 Å². The molecule has 3 rings (SSSR count). The van der Waals surface area contributed by atoms with E-state index in [2.05, 4.69) is 32.0 Å². The van der Waals surface area contributed by atoms with Crippen molar-refractivity contribution in [1.29, 1.82) is 0 Å². The molecule has 24 heavy (non-hydrogen) atoms. The van der Waals surface area contributed by atoms with Crippen LogP contribution < -0.4 is 15.4 Å². The van der Waals surface area contributed by atoms with Crippen LogP contribution in [0.3, 0.4) is 0 Å². The lowest BCUT2D eigenvalue weighted by Crippen LogP contribution is -2.50. The van der Waals surface area contributed by atoms with Gasteiger partial charge in [0.25, 0.3) is 5.91 Å². The van der Waals surface area contributed by atoms with Crippen molar-refractivity contribution in [3.05, 3.63) is 53.1 Å². The maximum atomic E-state index is 13.0. The van der Waals surface area contributed by atoms with Crippen molar-refractivity contribution in [1.82, 2.24) is 0 Å². The largest absolute Gasteiger partial charge is 0.478 e. The van der Waals surface area contributed by atoms with Crippen molar-refractivity contribution < 1.29 is 9.53 Å². The Balaban J connectivity index is 1.94. The quantitative estimate of drug-likeness (QED) is 0.877. The second-order valence-electron chi connectivity index (χ2n) is 6.76. The number of nitrogens with two attached hydrogens (primary N) is 1. The van der Waals surface area contributed by atoms with Crippen LogP contribution in [-0.2, 0) is 11.2 Å². The first-order valence-corrected chi connectivity index (χ1v) is 8.32. The lowest BCUT2D eigenvalue weighted by molar-refractivity contribution is -0.126. The van der Waals surface area contributed by atoms with Crippen LogP contribution in [-0.4, -0.2) is 18.1 Å². The highest BCUT2D eigenvalue weighted by molar-refractivity contribution is 6.01. The molecule has 0 radical (unpaired) electrons. The predicted octanol–water partition coefficient (Wildman–Crippen LogP) is 3.63. The van der Waals surface area contributed by atoms with E-state index in [1.54, 1.807) is 17.0 Å². The van der Waals surface area contributed by atoms with E-state index in [-0.39, 0.29) is 11.9 Å². The molecule has 2 N–H and O–H groups in total. The fraction of sp³-hybridized carbons (Fsp3) is 0.350. The fourth-order valence-corrected chi connectivity index (χ4v) is 3.11. The van der Waals surface area contributed by atoms with Crippen LogP contribution in [0.15, 0.2) is 36.4 Å². The van der Waals surface area contributed by atoms with Gasteiger partial charge >= 0.3 is 0 Å². The van der Waals surface area contributed by atoms with Crippen molar-refractivity contribution >= 4 is 17.3 Å². The molecule has 0 spiro atoms. The highest BCUT2D eigenvalue weighted by atomic mass is 16.5. The molecule has 0 fully saturated rings. The SMILES string of the molecule is Cc1ccc(CC2Oc3ccc(N)cc3N(C(C)C)C2=O)cc1C. The molecule has 2 aromatic carbocycles. The lowest BCUT2D eigenvalue weighted by Gasteiger charge is -2.37. The monoisotopic (exact) mass is 324 g/mol. The van der Waals surface area contributed by atoms with Gasteiger partial charge in [0.1, 0.15) is 5.75 Å². The molecule has 1 unspecified atom stereocenters. The van der Waals surface area contributed by atoms with E-state index in [1.165, 1.54) is 11.1 Å². The Morgan fingerprint density at radius 3 is 2.54 bits per heavy atom. The molecule has 1 aliphatic rings. The minimum Gasteiger partial charge on any atom is -0.478 e. The van der Waals surface area contributed by atoms with Crippen molar-refractivity contribution in [3.8, 4) is 5.75 Å². The third-order valence-corrected chi connectivity index (χ3v) is 4.53. The van der Waals surface area contributed by atoms with E-state index in [9.17, 15) is 4.79 Å². The molecule has 1 atom stereocenters. The second kappa shape index (κ2) is 6.19. The van der Waals surface area contributed by atoms with E-state index in [0.717, 1.165) is 11.3 Å². The number of nitrogen functional groups attached to an aromatic ring is 1. The number of rotatable bonds is 3. The first-order chi connectivity index (χ1) is 11.4. The van der Waals surface area contributed by atoms with E-state index in [0.29, 0.717) is 17.9 Å². The maximum absolute atomic E-state index is 13.0. The summed E-state index contributed by atoms with van der Waals surface area (Å²) in [6.45, 7) is 8.18. The van der Waals surface area contributed by atoms with E-state index < -0.39 is 6.10 Å². The van der Waals surface area contributed by atoms with Crippen LogP contribution in [0.5, 0.6) is 5.75 Å². The smallest absolute Gasteiger partial charge is 0.268 e. The summed E-state index contributed by atoms with van der Waals surface area (Å²) in [5.41, 5.74) is 10.9. The summed E-state index contributed by atoms with van der Waals surface area (Å²) in [6.07, 6.45) is 0.0538. The molecule has 0 saturated carbocycles. The van der Waals surface area contributed by atoms with Crippen LogP contribution in [0.25, 0.3) is 0 Å². The Labute approximate surface area is 143 Å². The molecule has 0 aliphatic carbocycles. The Morgan fingerprint density at radius 1 is 1.12 bits per heavy atom. The predicted molar refractivity (Wildman–Crippen MR) is 97.5 cm³/mol. The molecule has 126 valence electrons. The molecule has 0 bridgehead atoms. The number of carbonyl (C=O) groups excluding carboxylic acids is 1. The van der Waals surface area contributed by atoms with Crippen LogP contribution in [0.1, 0.15) is 30.5 Å². The average Bonchev–Trinajstić information content (AvgIpc) is 2.51. The number of ether oxygens (including phenoxy) is 1. The minimum absolute atomic E-state index is 0.0127. The van der Waals surface area contributed by atoms with Gasteiger partial charge in [0.2, 0.25) is 0 Å². The van der Waals surface area contributed by atoms with Gasteiger partial charge in [-0.25, -0.2) is 0 Å². The fourth-order valence-electron chi connectivity index (χ4n) is 3.11. The molecule has 0 saturated heterocycles. The molecular formula is C20H24N2O2. The summed E-state index contributed by atoms with van der Waals surface area (Å²) >= 11 is 0. The van der Waals surface area contributed by atoms with Gasteiger partial charge in [-0.15, -0.1) is 0 Å². The highest BCUT2D eigenvalue weighted by Gasteiger charge is 2.36. The number of aryl methyl sites for hydroxylation is 2. The van der Waals surface area contributed by atoms with Crippen LogP contribution in [0.4, 0.5) is 11.4 Å². The summed E-state index contributed by atoms with van der Waals surface area (Å²) in [5, 5.41) is 0. The Kier molecular flexibility index (Phi) is 4.22. The normalized spacial score (nSPS) is 17.0. The van der Waals surface area contributed by atoms with Crippen molar-refractivity contribution in [2.75, 3.05) is 10.6 Å². The molecule has 1 amide bonds. The summed E-state index contributed by atoms with van der Waals surface area (Å²) in [4.78, 5) is 14.7. The second-order valence-corrected chi connectivity index (χ2v) is 6.76. The first kappa shape index (κ1) is 16.4. The molecule has 2 aromatic rings. The van der Waals surface area contributed by atoms with Crippen LogP contribution in [0, 0.1) is 13.8 Å². The number of hydrogen-bond donors (Lipinski definition) is 1. The standard InChI is InChI=1S/C20H24N2O2/c1-12(2)22-17-11-16(21)7-8-18(17)24-19(20(22)23)10-15-6-5-13(3)14(4)9-15/h5-9,11-12,19H,10,21H2,1-4H3. The molecule has 0 aromatic heterocycles. The lowest BCUT2D eigenvalue weighted by atomic mass is 10.00. The Morgan fingerprint density at radius 2 is 1.88 bits per heavy atom. The number of carbonyl (C=O) groups is 1. The molecule has 1 heterocycles. The summed E-state index contributed by atoms with van der Waals surface area (Å²) in [7, 11) is 0. The molecule has 4 nitrogen and oxygen atoms in total. The number of fused-ring (bicyclic) bond motifs is 1. The third kappa shape index (κ3) is 2.96. The number of benzene rings is 2. The van der Waals surface area contributed by atoms with Crippen molar-refractivity contribution in [2.45, 2.75) is 46.3 Å².